The third-order valence-corrected chi connectivity index (χ3v) is 2.73. The summed E-state index contributed by atoms with van der Waals surface area (Å²) in [7, 11) is 1.68. The zero-order chi connectivity index (χ0) is 10.7. The maximum absolute atomic E-state index is 5.52. The van der Waals surface area contributed by atoms with Gasteiger partial charge >= 0.3 is 0 Å². The first kappa shape index (κ1) is 10.5. The molecule has 1 unspecified atom stereocenters. The highest BCUT2D eigenvalue weighted by atomic mass is 16.5. The van der Waals surface area contributed by atoms with E-state index in [2.05, 4.69) is 15.5 Å². The van der Waals surface area contributed by atoms with E-state index in [1.54, 1.807) is 11.8 Å². The fraction of sp³-hybridized carbons (Fsp3) is 0.875. The van der Waals surface area contributed by atoms with E-state index >= 15 is 0 Å². The number of methoxy groups -OCH3 is 1. The minimum atomic E-state index is -0.306. The molecule has 15 heavy (non-hydrogen) atoms. The van der Waals surface area contributed by atoms with E-state index in [0.29, 0.717) is 32.1 Å². The molecule has 0 bridgehead atoms. The molecule has 1 saturated heterocycles. The first-order valence-electron chi connectivity index (χ1n) is 4.88. The summed E-state index contributed by atoms with van der Waals surface area (Å²) >= 11 is 0. The van der Waals surface area contributed by atoms with Crippen molar-refractivity contribution in [2.75, 3.05) is 20.3 Å². The van der Waals surface area contributed by atoms with Gasteiger partial charge in [0.25, 0.3) is 0 Å². The van der Waals surface area contributed by atoms with Crippen molar-refractivity contribution >= 4 is 0 Å². The van der Waals surface area contributed by atoms with Crippen LogP contribution in [0.1, 0.15) is 12.2 Å². The molecule has 1 aliphatic rings. The molecule has 7 nitrogen and oxygen atoms in total. The lowest BCUT2D eigenvalue weighted by Gasteiger charge is -2.25. The van der Waals surface area contributed by atoms with Gasteiger partial charge in [0, 0.05) is 20.1 Å². The fourth-order valence-corrected chi connectivity index (χ4v) is 1.70. The standard InChI is InChI=1S/C8H15N5O2/c1-14-8(2-3-15-6-8)5-13-7(4-9)10-11-12-13/h2-6,9H2,1H3. The van der Waals surface area contributed by atoms with Gasteiger partial charge in [-0.3, -0.25) is 0 Å². The maximum Gasteiger partial charge on any atom is 0.164 e. The molecule has 2 heterocycles. The second kappa shape index (κ2) is 4.21. The Kier molecular flexibility index (Phi) is 2.94. The number of nitrogens with zero attached hydrogens (tertiary/aromatic N) is 4. The fourth-order valence-electron chi connectivity index (χ4n) is 1.70. The average molecular weight is 213 g/mol. The first-order chi connectivity index (χ1) is 7.29. The largest absolute Gasteiger partial charge is 0.378 e. The molecule has 1 aromatic rings. The summed E-state index contributed by atoms with van der Waals surface area (Å²) < 4.78 is 12.5. The SMILES string of the molecule is COC1(Cn2nnnc2CN)CCOC1. The molecular weight excluding hydrogens is 198 g/mol. The lowest BCUT2D eigenvalue weighted by atomic mass is 10.0. The van der Waals surface area contributed by atoms with Crippen molar-refractivity contribution in [2.45, 2.75) is 25.1 Å². The average Bonchev–Trinajstić information content (AvgIpc) is 2.88. The van der Waals surface area contributed by atoms with Crippen LogP contribution in [-0.2, 0) is 22.6 Å². The molecular formula is C8H15N5O2. The van der Waals surface area contributed by atoms with Crippen molar-refractivity contribution in [3.05, 3.63) is 5.82 Å². The van der Waals surface area contributed by atoms with Crippen LogP contribution in [0.25, 0.3) is 0 Å². The number of rotatable bonds is 4. The summed E-state index contributed by atoms with van der Waals surface area (Å²) in [5.41, 5.74) is 5.21. The summed E-state index contributed by atoms with van der Waals surface area (Å²) in [6.45, 7) is 2.21. The third-order valence-electron chi connectivity index (χ3n) is 2.73. The molecule has 2 N–H and O–H groups in total. The quantitative estimate of drug-likeness (QED) is 0.685. The van der Waals surface area contributed by atoms with E-state index in [1.165, 1.54) is 0 Å². The predicted octanol–water partition coefficient (Wildman–Crippen LogP) is -1.06. The Labute approximate surface area is 87.5 Å². The molecule has 2 rings (SSSR count). The zero-order valence-corrected chi connectivity index (χ0v) is 8.72. The lowest BCUT2D eigenvalue weighted by molar-refractivity contribution is -0.0326. The minimum absolute atomic E-state index is 0.306. The Morgan fingerprint density at radius 1 is 1.67 bits per heavy atom. The minimum Gasteiger partial charge on any atom is -0.378 e. The van der Waals surface area contributed by atoms with Crippen molar-refractivity contribution in [3.63, 3.8) is 0 Å². The van der Waals surface area contributed by atoms with Crippen molar-refractivity contribution in [1.82, 2.24) is 20.2 Å². The van der Waals surface area contributed by atoms with Crippen LogP contribution in [0.4, 0.5) is 0 Å². The van der Waals surface area contributed by atoms with Crippen LogP contribution in [0.5, 0.6) is 0 Å². The second-order valence-electron chi connectivity index (χ2n) is 3.65. The van der Waals surface area contributed by atoms with Gasteiger partial charge in [0.2, 0.25) is 0 Å². The second-order valence-corrected chi connectivity index (χ2v) is 3.65. The van der Waals surface area contributed by atoms with Gasteiger partial charge < -0.3 is 15.2 Å². The van der Waals surface area contributed by atoms with Crippen LogP contribution in [0.2, 0.25) is 0 Å². The Balaban J connectivity index is 2.12. The van der Waals surface area contributed by atoms with Crippen molar-refractivity contribution in [2.24, 2.45) is 5.73 Å². The van der Waals surface area contributed by atoms with Crippen molar-refractivity contribution < 1.29 is 9.47 Å². The predicted molar refractivity (Wildman–Crippen MR) is 50.9 cm³/mol. The number of nitrogens with two attached hydrogens (primary N) is 1. The summed E-state index contributed by atoms with van der Waals surface area (Å²) in [5.74, 6) is 0.665. The summed E-state index contributed by atoms with van der Waals surface area (Å²) in [6, 6.07) is 0. The Morgan fingerprint density at radius 3 is 3.13 bits per heavy atom. The monoisotopic (exact) mass is 213 g/mol. The van der Waals surface area contributed by atoms with Crippen LogP contribution in [0, 0.1) is 0 Å². The Hall–Kier alpha value is -1.05. The highest BCUT2D eigenvalue weighted by molar-refractivity contribution is 4.88. The van der Waals surface area contributed by atoms with Gasteiger partial charge in [-0.25, -0.2) is 4.68 Å². The van der Waals surface area contributed by atoms with E-state index in [4.69, 9.17) is 15.2 Å². The van der Waals surface area contributed by atoms with E-state index in [0.717, 1.165) is 6.42 Å². The van der Waals surface area contributed by atoms with Gasteiger partial charge in [-0.05, 0) is 10.4 Å². The van der Waals surface area contributed by atoms with Gasteiger partial charge in [-0.2, -0.15) is 0 Å². The summed E-state index contributed by atoms with van der Waals surface area (Å²) in [5, 5.41) is 11.3. The summed E-state index contributed by atoms with van der Waals surface area (Å²) in [4.78, 5) is 0. The number of ether oxygens (including phenoxy) is 2. The number of hydrogen-bond donors (Lipinski definition) is 1. The lowest BCUT2D eigenvalue weighted by Crippen LogP contribution is -2.38. The van der Waals surface area contributed by atoms with Gasteiger partial charge in [0.1, 0.15) is 5.60 Å². The molecule has 0 saturated carbocycles. The van der Waals surface area contributed by atoms with Crippen molar-refractivity contribution in [3.8, 4) is 0 Å². The normalized spacial score (nSPS) is 26.0. The maximum atomic E-state index is 5.52. The van der Waals surface area contributed by atoms with Gasteiger partial charge in [-0.1, -0.05) is 0 Å². The molecule has 0 spiro atoms. The molecule has 0 radical (unpaired) electrons. The number of hydrogen-bond acceptors (Lipinski definition) is 6. The van der Waals surface area contributed by atoms with Crippen LogP contribution >= 0.6 is 0 Å². The van der Waals surface area contributed by atoms with Gasteiger partial charge in [0.15, 0.2) is 5.82 Å². The topological polar surface area (TPSA) is 88.1 Å². The first-order valence-corrected chi connectivity index (χ1v) is 4.88. The summed E-state index contributed by atoms with van der Waals surface area (Å²) in [6.07, 6.45) is 0.855. The highest BCUT2D eigenvalue weighted by Crippen LogP contribution is 2.24. The molecule has 7 heteroatoms. The van der Waals surface area contributed by atoms with Gasteiger partial charge in [0.05, 0.1) is 19.7 Å². The third kappa shape index (κ3) is 1.99. The van der Waals surface area contributed by atoms with E-state index in [1.807, 2.05) is 0 Å². The smallest absolute Gasteiger partial charge is 0.164 e. The van der Waals surface area contributed by atoms with Crippen LogP contribution in [0.15, 0.2) is 0 Å². The van der Waals surface area contributed by atoms with Gasteiger partial charge in [-0.15, -0.1) is 5.10 Å². The van der Waals surface area contributed by atoms with E-state index in [9.17, 15) is 0 Å². The Bertz CT molecular complexity index is 321. The molecule has 1 fully saturated rings. The van der Waals surface area contributed by atoms with Crippen molar-refractivity contribution in [1.29, 1.82) is 0 Å². The molecule has 1 aromatic heterocycles. The molecule has 0 aromatic carbocycles. The molecule has 1 aliphatic heterocycles. The number of aromatic nitrogens is 4. The molecule has 0 aliphatic carbocycles. The molecule has 0 amide bonds. The zero-order valence-electron chi connectivity index (χ0n) is 8.72. The number of tetrazole rings is 1. The molecule has 84 valence electrons. The van der Waals surface area contributed by atoms with Crippen LogP contribution < -0.4 is 5.73 Å². The van der Waals surface area contributed by atoms with Crippen LogP contribution in [-0.4, -0.2) is 46.1 Å². The van der Waals surface area contributed by atoms with E-state index in [-0.39, 0.29) is 5.60 Å². The Morgan fingerprint density at radius 2 is 2.53 bits per heavy atom. The van der Waals surface area contributed by atoms with Crippen LogP contribution in [0.3, 0.4) is 0 Å². The highest BCUT2D eigenvalue weighted by Gasteiger charge is 2.36. The molecule has 1 atom stereocenters. The van der Waals surface area contributed by atoms with E-state index < -0.39 is 0 Å².